The van der Waals surface area contributed by atoms with Crippen molar-refractivity contribution >= 4 is 23.3 Å². The van der Waals surface area contributed by atoms with Crippen LogP contribution in [0.2, 0.25) is 5.02 Å². The lowest BCUT2D eigenvalue weighted by Crippen LogP contribution is -2.17. The number of carbonyl (C=O) groups excluding carboxylic acids is 1. The summed E-state index contributed by atoms with van der Waals surface area (Å²) in [5.41, 5.74) is 6.83. The van der Waals surface area contributed by atoms with E-state index in [4.69, 9.17) is 21.9 Å². The van der Waals surface area contributed by atoms with Gasteiger partial charge in [-0.2, -0.15) is 0 Å². The zero-order valence-corrected chi connectivity index (χ0v) is 21.0. The molecule has 33 heavy (non-hydrogen) atoms. The summed E-state index contributed by atoms with van der Waals surface area (Å²) in [5.74, 6) is 0.938. The number of aromatic nitrogens is 1. The summed E-state index contributed by atoms with van der Waals surface area (Å²) in [4.78, 5) is 10.9. The van der Waals surface area contributed by atoms with E-state index in [1.165, 1.54) is 45.1 Å². The molecule has 0 aliphatic carbocycles. The van der Waals surface area contributed by atoms with Crippen LogP contribution < -0.4 is 10.5 Å². The third-order valence-electron chi connectivity index (χ3n) is 4.87. The summed E-state index contributed by atoms with van der Waals surface area (Å²) >= 11 is 5.50. The van der Waals surface area contributed by atoms with Gasteiger partial charge in [0.15, 0.2) is 5.78 Å². The Morgan fingerprint density at radius 3 is 2.24 bits per heavy atom. The summed E-state index contributed by atoms with van der Waals surface area (Å²) in [6.45, 7) is 12.0. The molecule has 0 aliphatic rings. The average molecular weight is 493 g/mol. The Hall–Kier alpha value is -2.22. The number of ketones is 1. The molecule has 0 fully saturated rings. The number of nitrogens with two attached hydrogens (primary N) is 1. The molecule has 0 saturated carbocycles. The van der Waals surface area contributed by atoms with Gasteiger partial charge in [-0.1, -0.05) is 70.6 Å². The molecule has 2 unspecified atom stereocenters. The fraction of sp³-hybridized carbons (Fsp3) is 0.583. The Bertz CT molecular complexity index is 826. The fourth-order valence-electron chi connectivity index (χ4n) is 2.90. The van der Waals surface area contributed by atoms with Gasteiger partial charge in [-0.15, -0.1) is 13.2 Å². The molecule has 2 rings (SSSR count). The molecule has 1 aromatic heterocycles. The second-order valence-electron chi connectivity index (χ2n) is 7.48. The van der Waals surface area contributed by atoms with Gasteiger partial charge < -0.3 is 15.0 Å². The van der Waals surface area contributed by atoms with E-state index in [0.717, 1.165) is 23.7 Å². The van der Waals surface area contributed by atoms with Crippen molar-refractivity contribution in [1.82, 2.24) is 5.16 Å². The van der Waals surface area contributed by atoms with Gasteiger partial charge in [0.1, 0.15) is 5.75 Å². The number of nitrogen functional groups attached to an aromatic ring is 1. The lowest BCUT2D eigenvalue weighted by molar-refractivity contribution is -0.274. The highest BCUT2D eigenvalue weighted by molar-refractivity contribution is 6.32. The second kappa shape index (κ2) is 15.6. The number of ether oxygens (including phenoxy) is 1. The number of benzene rings is 1. The maximum Gasteiger partial charge on any atom is 0.573 e. The molecule has 188 valence electrons. The van der Waals surface area contributed by atoms with Gasteiger partial charge in [0.25, 0.3) is 0 Å². The minimum Gasteiger partial charge on any atom is -0.404 e. The smallest absolute Gasteiger partial charge is 0.404 e. The third kappa shape index (κ3) is 12.6. The van der Waals surface area contributed by atoms with Gasteiger partial charge in [0.2, 0.25) is 5.88 Å². The van der Waals surface area contributed by atoms with Crippen LogP contribution >= 0.6 is 11.6 Å². The average Bonchev–Trinajstić information content (AvgIpc) is 3.19. The van der Waals surface area contributed by atoms with Gasteiger partial charge >= 0.3 is 6.36 Å². The molecule has 2 aromatic rings. The summed E-state index contributed by atoms with van der Waals surface area (Å²) < 4.78 is 44.1. The van der Waals surface area contributed by atoms with Crippen molar-refractivity contribution in [2.24, 2.45) is 5.92 Å². The second-order valence-corrected chi connectivity index (χ2v) is 7.89. The van der Waals surface area contributed by atoms with Gasteiger partial charge in [0, 0.05) is 17.5 Å². The molecule has 5 nitrogen and oxygen atoms in total. The summed E-state index contributed by atoms with van der Waals surface area (Å²) in [7, 11) is 0. The van der Waals surface area contributed by atoms with Gasteiger partial charge in [-0.25, -0.2) is 0 Å². The van der Waals surface area contributed by atoms with E-state index in [9.17, 15) is 18.0 Å². The Kier molecular flexibility index (Phi) is 14.5. The van der Waals surface area contributed by atoms with Crippen molar-refractivity contribution in [3.05, 3.63) is 40.5 Å². The summed E-state index contributed by atoms with van der Waals surface area (Å²) in [5, 5.41) is 3.79. The van der Waals surface area contributed by atoms with E-state index >= 15 is 0 Å². The first-order valence-electron chi connectivity index (χ1n) is 11.2. The topological polar surface area (TPSA) is 78.4 Å². The van der Waals surface area contributed by atoms with Crippen LogP contribution in [0, 0.1) is 5.92 Å². The first-order valence-corrected chi connectivity index (χ1v) is 11.6. The SMILES string of the molecule is CC.CC(=O)c1ccc(OC(F)(F)F)c(Cl)c1.CCCC(CCC(C)CC)c1cc(N)on1. The van der Waals surface area contributed by atoms with E-state index in [-0.39, 0.29) is 16.4 Å². The first kappa shape index (κ1) is 30.8. The predicted octanol–water partition coefficient (Wildman–Crippen LogP) is 8.43. The molecule has 1 heterocycles. The van der Waals surface area contributed by atoms with E-state index in [0.29, 0.717) is 11.8 Å². The molecule has 9 heteroatoms. The van der Waals surface area contributed by atoms with E-state index < -0.39 is 12.1 Å². The van der Waals surface area contributed by atoms with Crippen LogP contribution in [0.5, 0.6) is 5.75 Å². The zero-order valence-electron chi connectivity index (χ0n) is 20.3. The van der Waals surface area contributed by atoms with Gasteiger partial charge in [-0.3, -0.25) is 4.79 Å². The minimum atomic E-state index is -4.79. The van der Waals surface area contributed by atoms with Crippen LogP contribution in [0.1, 0.15) is 95.6 Å². The highest BCUT2D eigenvalue weighted by Gasteiger charge is 2.32. The highest BCUT2D eigenvalue weighted by atomic mass is 35.5. The Morgan fingerprint density at radius 1 is 1.18 bits per heavy atom. The molecule has 0 spiro atoms. The zero-order chi connectivity index (χ0) is 25.6. The maximum absolute atomic E-state index is 11.8. The van der Waals surface area contributed by atoms with E-state index in [1.807, 2.05) is 19.9 Å². The molecule has 0 radical (unpaired) electrons. The molecular weight excluding hydrogens is 457 g/mol. The number of anilines is 1. The standard InChI is InChI=1S/C13H24N2O.C9H6ClF3O2.C2H6/c1-4-6-11(8-7-10(3)5-2)12-9-13(14)16-15-12;1-5(14)6-2-3-8(7(10)4-6)15-9(11,12)13;1-2/h9-11H,4-8,14H2,1-3H3;2-4H,1H3;1-2H3. The van der Waals surface area contributed by atoms with Crippen LogP contribution in [-0.2, 0) is 0 Å². The van der Waals surface area contributed by atoms with E-state index in [1.54, 1.807) is 0 Å². The van der Waals surface area contributed by atoms with Crippen LogP contribution in [0.15, 0.2) is 28.8 Å². The summed E-state index contributed by atoms with van der Waals surface area (Å²) in [6.07, 6.45) is 1.25. The number of alkyl halides is 3. The van der Waals surface area contributed by atoms with Crippen molar-refractivity contribution in [3.8, 4) is 5.75 Å². The summed E-state index contributed by atoms with van der Waals surface area (Å²) in [6, 6.07) is 5.23. The quantitative estimate of drug-likeness (QED) is 0.355. The van der Waals surface area contributed by atoms with Crippen LogP contribution in [0.3, 0.4) is 0 Å². The molecular formula is C24H36ClF3N2O3. The van der Waals surface area contributed by atoms with Crippen molar-refractivity contribution < 1.29 is 27.2 Å². The molecule has 1 aromatic carbocycles. The van der Waals surface area contributed by atoms with Gasteiger partial charge in [-0.05, 0) is 43.9 Å². The van der Waals surface area contributed by atoms with Crippen LogP contribution in [0.4, 0.5) is 19.1 Å². The fourth-order valence-corrected chi connectivity index (χ4v) is 3.12. The first-order chi connectivity index (χ1) is 15.5. The van der Waals surface area contributed by atoms with Crippen LogP contribution in [0.25, 0.3) is 0 Å². The van der Waals surface area contributed by atoms with Crippen molar-refractivity contribution in [3.63, 3.8) is 0 Å². The number of hydrogen-bond acceptors (Lipinski definition) is 5. The molecule has 0 bridgehead atoms. The molecule has 0 amide bonds. The molecule has 2 N–H and O–H groups in total. The van der Waals surface area contributed by atoms with Crippen LogP contribution in [-0.4, -0.2) is 17.3 Å². The Labute approximate surface area is 199 Å². The predicted molar refractivity (Wildman–Crippen MR) is 127 cm³/mol. The third-order valence-corrected chi connectivity index (χ3v) is 5.17. The normalized spacial score (nSPS) is 12.5. The van der Waals surface area contributed by atoms with Crippen molar-refractivity contribution in [2.45, 2.75) is 85.9 Å². The lowest BCUT2D eigenvalue weighted by atomic mass is 9.90. The molecule has 0 saturated heterocycles. The Morgan fingerprint density at radius 2 is 1.82 bits per heavy atom. The van der Waals surface area contributed by atoms with E-state index in [2.05, 4.69) is 30.7 Å². The monoisotopic (exact) mass is 492 g/mol. The van der Waals surface area contributed by atoms with Gasteiger partial charge in [0.05, 0.1) is 10.7 Å². The number of halogens is 4. The largest absolute Gasteiger partial charge is 0.573 e. The lowest BCUT2D eigenvalue weighted by Gasteiger charge is -2.15. The van der Waals surface area contributed by atoms with Crippen molar-refractivity contribution in [2.75, 3.05) is 5.73 Å². The number of nitrogens with zero attached hydrogens (tertiary/aromatic N) is 1. The maximum atomic E-state index is 11.8. The highest BCUT2D eigenvalue weighted by Crippen LogP contribution is 2.31. The number of Topliss-reactive ketones (excluding diaryl/α,β-unsaturated/α-hetero) is 1. The number of carbonyl (C=O) groups is 1. The Balaban J connectivity index is 0.000000578. The molecule has 0 aliphatic heterocycles. The molecule has 2 atom stereocenters. The number of rotatable bonds is 9. The number of hydrogen-bond donors (Lipinski definition) is 1. The minimum absolute atomic E-state index is 0.231. The van der Waals surface area contributed by atoms with Crippen molar-refractivity contribution in [1.29, 1.82) is 0 Å².